The van der Waals surface area contributed by atoms with Crippen LogP contribution < -0.4 is 14.8 Å². The van der Waals surface area contributed by atoms with Gasteiger partial charge in [-0.1, -0.05) is 6.92 Å². The van der Waals surface area contributed by atoms with E-state index in [9.17, 15) is 4.79 Å². The van der Waals surface area contributed by atoms with Crippen molar-refractivity contribution in [1.29, 1.82) is 0 Å². The van der Waals surface area contributed by atoms with Gasteiger partial charge in [-0.2, -0.15) is 0 Å². The van der Waals surface area contributed by atoms with E-state index in [0.29, 0.717) is 23.6 Å². The Morgan fingerprint density at radius 1 is 1.04 bits per heavy atom. The van der Waals surface area contributed by atoms with E-state index >= 15 is 0 Å². The van der Waals surface area contributed by atoms with Gasteiger partial charge in [0.25, 0.3) is 5.91 Å². The minimum Gasteiger partial charge on any atom is -0.497 e. The molecule has 3 rings (SSSR count). The molecule has 0 spiro atoms. The summed E-state index contributed by atoms with van der Waals surface area (Å²) >= 11 is 0. The van der Waals surface area contributed by atoms with E-state index in [4.69, 9.17) is 9.47 Å². The Balaban J connectivity index is 1.57. The van der Waals surface area contributed by atoms with Crippen LogP contribution in [-0.2, 0) is 13.1 Å². The molecule has 1 amide bonds. The summed E-state index contributed by atoms with van der Waals surface area (Å²) in [5.41, 5.74) is 0.554. The summed E-state index contributed by atoms with van der Waals surface area (Å²) in [6.45, 7) is 3.25. The van der Waals surface area contributed by atoms with Crippen molar-refractivity contribution in [3.05, 3.63) is 66.2 Å². The first-order chi connectivity index (χ1) is 13.2. The van der Waals surface area contributed by atoms with Gasteiger partial charge in [0, 0.05) is 12.1 Å². The molecule has 0 atom stereocenters. The van der Waals surface area contributed by atoms with Crippen LogP contribution in [0.15, 0.2) is 54.9 Å². The number of nitrogens with one attached hydrogen (secondary N) is 1. The molecular formula is C20H22N4O3. The summed E-state index contributed by atoms with van der Waals surface area (Å²) < 4.78 is 12.8. The lowest BCUT2D eigenvalue weighted by atomic mass is 10.2. The van der Waals surface area contributed by atoms with Gasteiger partial charge in [0.2, 0.25) is 0 Å². The quantitative estimate of drug-likeness (QED) is 0.661. The summed E-state index contributed by atoms with van der Waals surface area (Å²) in [7, 11) is 1.62. The molecule has 0 aliphatic carbocycles. The molecule has 140 valence electrons. The Kier molecular flexibility index (Phi) is 6.04. The lowest BCUT2D eigenvalue weighted by molar-refractivity contribution is 0.0949. The first kappa shape index (κ1) is 18.4. The van der Waals surface area contributed by atoms with Gasteiger partial charge in [-0.25, -0.2) is 0 Å². The van der Waals surface area contributed by atoms with Crippen molar-refractivity contribution >= 4 is 5.91 Å². The van der Waals surface area contributed by atoms with Gasteiger partial charge in [0.1, 0.15) is 23.6 Å². The molecule has 1 aromatic heterocycles. The van der Waals surface area contributed by atoms with Crippen molar-refractivity contribution in [3.63, 3.8) is 0 Å². The van der Waals surface area contributed by atoms with Crippen molar-refractivity contribution in [1.82, 2.24) is 20.1 Å². The molecule has 0 aliphatic rings. The van der Waals surface area contributed by atoms with Gasteiger partial charge in [-0.3, -0.25) is 4.79 Å². The van der Waals surface area contributed by atoms with E-state index in [1.54, 1.807) is 37.7 Å². The lowest BCUT2D eigenvalue weighted by Crippen LogP contribution is -2.24. The topological polar surface area (TPSA) is 78.3 Å². The number of methoxy groups -OCH3 is 1. The summed E-state index contributed by atoms with van der Waals surface area (Å²) in [5, 5.41) is 10.8. The van der Waals surface area contributed by atoms with Crippen LogP contribution in [0.4, 0.5) is 0 Å². The minimum absolute atomic E-state index is 0.169. The largest absolute Gasteiger partial charge is 0.497 e. The first-order valence-corrected chi connectivity index (χ1v) is 8.76. The normalized spacial score (nSPS) is 10.4. The molecule has 1 heterocycles. The molecule has 2 aromatic carbocycles. The highest BCUT2D eigenvalue weighted by molar-refractivity contribution is 5.94. The fourth-order valence-corrected chi connectivity index (χ4v) is 2.56. The zero-order valence-electron chi connectivity index (χ0n) is 15.4. The molecule has 0 aliphatic heterocycles. The third-order valence-corrected chi connectivity index (χ3v) is 3.98. The maximum Gasteiger partial charge on any atom is 0.251 e. The van der Waals surface area contributed by atoms with E-state index < -0.39 is 0 Å². The summed E-state index contributed by atoms with van der Waals surface area (Å²) in [5.74, 6) is 2.69. The number of hydrogen-bond acceptors (Lipinski definition) is 5. The molecule has 0 saturated carbocycles. The third-order valence-electron chi connectivity index (χ3n) is 3.98. The number of hydrogen-bond donors (Lipinski definition) is 1. The van der Waals surface area contributed by atoms with Crippen LogP contribution in [0.3, 0.4) is 0 Å². The molecule has 0 fully saturated rings. The average molecular weight is 366 g/mol. The zero-order valence-corrected chi connectivity index (χ0v) is 15.4. The van der Waals surface area contributed by atoms with Crippen LogP contribution in [0.25, 0.3) is 0 Å². The standard InChI is InChI=1S/C20H22N4O3/c1-3-12-24-14-22-23-19(24)13-21-20(25)15-4-6-17(7-5-15)27-18-10-8-16(26-2)9-11-18/h4-11,14H,3,12-13H2,1-2H3,(H,21,25). The Bertz CT molecular complexity index is 873. The van der Waals surface area contributed by atoms with Crippen LogP contribution in [0.5, 0.6) is 17.2 Å². The molecule has 7 nitrogen and oxygen atoms in total. The van der Waals surface area contributed by atoms with Gasteiger partial charge in [0.05, 0.1) is 13.7 Å². The van der Waals surface area contributed by atoms with Crippen molar-refractivity contribution in [2.45, 2.75) is 26.4 Å². The maximum atomic E-state index is 12.3. The van der Waals surface area contributed by atoms with Crippen molar-refractivity contribution in [3.8, 4) is 17.2 Å². The van der Waals surface area contributed by atoms with Gasteiger partial charge in [-0.05, 0) is 55.0 Å². The second kappa shape index (κ2) is 8.84. The van der Waals surface area contributed by atoms with E-state index in [1.807, 2.05) is 28.8 Å². The highest BCUT2D eigenvalue weighted by Crippen LogP contribution is 2.24. The second-order valence-electron chi connectivity index (χ2n) is 5.93. The Hall–Kier alpha value is -3.35. The molecule has 0 saturated heterocycles. The van der Waals surface area contributed by atoms with Gasteiger partial charge in [0.15, 0.2) is 5.82 Å². The van der Waals surface area contributed by atoms with Crippen LogP contribution in [0, 0.1) is 0 Å². The van der Waals surface area contributed by atoms with Crippen LogP contribution >= 0.6 is 0 Å². The number of carbonyl (C=O) groups is 1. The monoisotopic (exact) mass is 366 g/mol. The smallest absolute Gasteiger partial charge is 0.251 e. The van der Waals surface area contributed by atoms with Crippen LogP contribution in [0.1, 0.15) is 29.5 Å². The molecular weight excluding hydrogens is 344 g/mol. The molecule has 7 heteroatoms. The highest BCUT2D eigenvalue weighted by Gasteiger charge is 2.09. The van der Waals surface area contributed by atoms with Gasteiger partial charge < -0.3 is 19.4 Å². The second-order valence-corrected chi connectivity index (χ2v) is 5.93. The highest BCUT2D eigenvalue weighted by atomic mass is 16.5. The summed E-state index contributed by atoms with van der Waals surface area (Å²) in [4.78, 5) is 12.3. The number of aryl methyl sites for hydroxylation is 1. The van der Waals surface area contributed by atoms with Gasteiger partial charge >= 0.3 is 0 Å². The number of carbonyl (C=O) groups excluding carboxylic acids is 1. The predicted molar refractivity (Wildman–Crippen MR) is 101 cm³/mol. The molecule has 27 heavy (non-hydrogen) atoms. The SMILES string of the molecule is CCCn1cnnc1CNC(=O)c1ccc(Oc2ccc(OC)cc2)cc1. The summed E-state index contributed by atoms with van der Waals surface area (Å²) in [6, 6.07) is 14.3. The Labute approximate surface area is 158 Å². The van der Waals surface area contributed by atoms with Gasteiger partial charge in [-0.15, -0.1) is 10.2 Å². The molecule has 1 N–H and O–H groups in total. The minimum atomic E-state index is -0.169. The Morgan fingerprint density at radius 3 is 2.30 bits per heavy atom. The molecule has 0 bridgehead atoms. The number of aromatic nitrogens is 3. The fourth-order valence-electron chi connectivity index (χ4n) is 2.56. The maximum absolute atomic E-state index is 12.3. The Morgan fingerprint density at radius 2 is 1.67 bits per heavy atom. The van der Waals surface area contributed by atoms with E-state index in [-0.39, 0.29) is 5.91 Å². The predicted octanol–water partition coefficient (Wildman–Crippen LogP) is 3.42. The lowest BCUT2D eigenvalue weighted by Gasteiger charge is -2.09. The fraction of sp³-hybridized carbons (Fsp3) is 0.250. The number of amides is 1. The van der Waals surface area contributed by atoms with Crippen molar-refractivity contribution in [2.75, 3.05) is 7.11 Å². The van der Waals surface area contributed by atoms with Crippen molar-refractivity contribution < 1.29 is 14.3 Å². The first-order valence-electron chi connectivity index (χ1n) is 8.76. The third kappa shape index (κ3) is 4.84. The molecule has 0 radical (unpaired) electrons. The van der Waals surface area contributed by atoms with Crippen molar-refractivity contribution in [2.24, 2.45) is 0 Å². The van der Waals surface area contributed by atoms with E-state index in [2.05, 4.69) is 22.4 Å². The number of nitrogens with zero attached hydrogens (tertiary/aromatic N) is 3. The number of benzene rings is 2. The molecule has 0 unspecified atom stereocenters. The zero-order chi connectivity index (χ0) is 19.1. The number of rotatable bonds is 8. The molecule has 3 aromatic rings. The van der Waals surface area contributed by atoms with Crippen LogP contribution in [-0.4, -0.2) is 27.8 Å². The van der Waals surface area contributed by atoms with E-state index in [0.717, 1.165) is 24.5 Å². The number of ether oxygens (including phenoxy) is 2. The van der Waals surface area contributed by atoms with Crippen LogP contribution in [0.2, 0.25) is 0 Å². The average Bonchev–Trinajstić information content (AvgIpc) is 3.15. The summed E-state index contributed by atoms with van der Waals surface area (Å²) in [6.07, 6.45) is 2.66. The van der Waals surface area contributed by atoms with E-state index in [1.165, 1.54) is 0 Å².